The van der Waals surface area contributed by atoms with Gasteiger partial charge in [0.05, 0.1) is 12.7 Å². The van der Waals surface area contributed by atoms with Gasteiger partial charge in [0.15, 0.2) is 5.76 Å². The molecule has 0 aliphatic rings. The van der Waals surface area contributed by atoms with Crippen LogP contribution >= 0.6 is 0 Å². The molecule has 3 aromatic rings. The number of amides is 1. The molecule has 1 N–H and O–H groups in total. The van der Waals surface area contributed by atoms with Crippen LogP contribution in [0.3, 0.4) is 0 Å². The molecule has 1 amide bonds. The standard InChI is InChI=1S/C17H19N3O2/c1-11-9-19-20(10-11)8-7-18-17(21)16-13(3)14-6-4-5-12(2)15(14)22-16/h4-6,9-10H,7-8H2,1-3H3,(H,18,21). The van der Waals surface area contributed by atoms with Crippen LogP contribution in [0, 0.1) is 20.8 Å². The first kappa shape index (κ1) is 14.4. The second-order valence-corrected chi connectivity index (χ2v) is 5.54. The Kier molecular flexibility index (Phi) is 3.71. The molecule has 114 valence electrons. The summed E-state index contributed by atoms with van der Waals surface area (Å²) in [6, 6.07) is 5.93. The summed E-state index contributed by atoms with van der Waals surface area (Å²) < 4.78 is 7.57. The number of hydrogen-bond acceptors (Lipinski definition) is 3. The minimum absolute atomic E-state index is 0.183. The van der Waals surface area contributed by atoms with Crippen LogP contribution in [0.2, 0.25) is 0 Å². The number of rotatable bonds is 4. The molecule has 0 saturated heterocycles. The van der Waals surface area contributed by atoms with Crippen molar-refractivity contribution in [2.75, 3.05) is 6.54 Å². The zero-order valence-electron chi connectivity index (χ0n) is 13.0. The minimum Gasteiger partial charge on any atom is -0.450 e. The van der Waals surface area contributed by atoms with E-state index < -0.39 is 0 Å². The lowest BCUT2D eigenvalue weighted by atomic mass is 10.1. The average molecular weight is 297 g/mol. The zero-order valence-corrected chi connectivity index (χ0v) is 13.0. The van der Waals surface area contributed by atoms with Gasteiger partial charge in [0, 0.05) is 23.7 Å². The van der Waals surface area contributed by atoms with E-state index in [1.165, 1.54) is 0 Å². The van der Waals surface area contributed by atoms with Gasteiger partial charge >= 0.3 is 0 Å². The Bertz CT molecular complexity index is 830. The summed E-state index contributed by atoms with van der Waals surface area (Å²) in [4.78, 5) is 12.3. The van der Waals surface area contributed by atoms with E-state index in [0.29, 0.717) is 18.8 Å². The molecule has 0 atom stereocenters. The fourth-order valence-corrected chi connectivity index (χ4v) is 2.55. The van der Waals surface area contributed by atoms with Gasteiger partial charge in [0.2, 0.25) is 0 Å². The minimum atomic E-state index is -0.183. The molecule has 0 aliphatic carbocycles. The number of nitrogens with zero attached hydrogens (tertiary/aromatic N) is 2. The van der Waals surface area contributed by atoms with Gasteiger partial charge in [-0.1, -0.05) is 18.2 Å². The van der Waals surface area contributed by atoms with E-state index in [1.54, 1.807) is 6.20 Å². The van der Waals surface area contributed by atoms with E-state index in [2.05, 4.69) is 10.4 Å². The number of carbonyl (C=O) groups excluding carboxylic acids is 1. The highest BCUT2D eigenvalue weighted by atomic mass is 16.3. The van der Waals surface area contributed by atoms with Crippen molar-refractivity contribution >= 4 is 16.9 Å². The van der Waals surface area contributed by atoms with Crippen LogP contribution in [0.5, 0.6) is 0 Å². The lowest BCUT2D eigenvalue weighted by molar-refractivity contribution is 0.0925. The van der Waals surface area contributed by atoms with E-state index in [4.69, 9.17) is 4.42 Å². The highest BCUT2D eigenvalue weighted by Crippen LogP contribution is 2.27. The van der Waals surface area contributed by atoms with Crippen molar-refractivity contribution in [3.8, 4) is 0 Å². The number of benzene rings is 1. The van der Waals surface area contributed by atoms with Crippen LogP contribution in [-0.2, 0) is 6.54 Å². The largest absolute Gasteiger partial charge is 0.450 e. The molecular formula is C17H19N3O2. The Morgan fingerprint density at radius 2 is 2.14 bits per heavy atom. The number of carbonyl (C=O) groups is 1. The first-order valence-electron chi connectivity index (χ1n) is 7.32. The number of hydrogen-bond donors (Lipinski definition) is 1. The van der Waals surface area contributed by atoms with Gasteiger partial charge in [-0.05, 0) is 31.9 Å². The molecule has 5 nitrogen and oxygen atoms in total. The van der Waals surface area contributed by atoms with E-state index in [1.807, 2.05) is 49.8 Å². The maximum atomic E-state index is 12.3. The van der Waals surface area contributed by atoms with Gasteiger partial charge < -0.3 is 9.73 Å². The van der Waals surface area contributed by atoms with Gasteiger partial charge in [-0.2, -0.15) is 5.10 Å². The normalized spacial score (nSPS) is 11.0. The SMILES string of the molecule is Cc1cnn(CCNC(=O)c2oc3c(C)cccc3c2C)c1. The zero-order chi connectivity index (χ0) is 15.7. The predicted molar refractivity (Wildman–Crippen MR) is 85.0 cm³/mol. The summed E-state index contributed by atoms with van der Waals surface area (Å²) in [7, 11) is 0. The Labute approximate surface area is 128 Å². The van der Waals surface area contributed by atoms with Crippen LogP contribution < -0.4 is 5.32 Å². The number of furan rings is 1. The third-order valence-corrected chi connectivity index (χ3v) is 3.76. The van der Waals surface area contributed by atoms with Crippen molar-refractivity contribution < 1.29 is 9.21 Å². The lowest BCUT2D eigenvalue weighted by Crippen LogP contribution is -2.27. The van der Waals surface area contributed by atoms with E-state index >= 15 is 0 Å². The number of para-hydroxylation sites is 1. The topological polar surface area (TPSA) is 60.1 Å². The van der Waals surface area contributed by atoms with Crippen molar-refractivity contribution in [1.82, 2.24) is 15.1 Å². The predicted octanol–water partition coefficient (Wildman–Crippen LogP) is 2.98. The second kappa shape index (κ2) is 5.67. The van der Waals surface area contributed by atoms with Gasteiger partial charge in [-0.15, -0.1) is 0 Å². The van der Waals surface area contributed by atoms with E-state index in [9.17, 15) is 4.79 Å². The van der Waals surface area contributed by atoms with Gasteiger partial charge in [-0.3, -0.25) is 9.48 Å². The summed E-state index contributed by atoms with van der Waals surface area (Å²) in [5.74, 6) is 0.206. The first-order valence-corrected chi connectivity index (χ1v) is 7.32. The van der Waals surface area contributed by atoms with Crippen molar-refractivity contribution in [2.45, 2.75) is 27.3 Å². The van der Waals surface area contributed by atoms with Crippen LogP contribution in [0.15, 0.2) is 35.0 Å². The summed E-state index contributed by atoms with van der Waals surface area (Å²) >= 11 is 0. The number of aromatic nitrogens is 2. The molecule has 0 radical (unpaired) electrons. The molecule has 22 heavy (non-hydrogen) atoms. The molecule has 1 aromatic carbocycles. The quantitative estimate of drug-likeness (QED) is 0.805. The summed E-state index contributed by atoms with van der Waals surface area (Å²) in [5.41, 5.74) is 3.81. The van der Waals surface area contributed by atoms with E-state index in [0.717, 1.165) is 27.7 Å². The number of nitrogens with one attached hydrogen (secondary N) is 1. The highest BCUT2D eigenvalue weighted by Gasteiger charge is 2.17. The Morgan fingerprint density at radius 1 is 1.32 bits per heavy atom. The molecule has 2 heterocycles. The number of aryl methyl sites for hydroxylation is 3. The van der Waals surface area contributed by atoms with Crippen molar-refractivity contribution in [1.29, 1.82) is 0 Å². The molecule has 0 saturated carbocycles. The Morgan fingerprint density at radius 3 is 2.82 bits per heavy atom. The van der Waals surface area contributed by atoms with Crippen LogP contribution in [-0.4, -0.2) is 22.2 Å². The van der Waals surface area contributed by atoms with E-state index in [-0.39, 0.29) is 5.91 Å². The smallest absolute Gasteiger partial charge is 0.287 e. The molecule has 0 aliphatic heterocycles. The molecule has 0 bridgehead atoms. The van der Waals surface area contributed by atoms with Crippen molar-refractivity contribution in [3.63, 3.8) is 0 Å². The molecule has 5 heteroatoms. The summed E-state index contributed by atoms with van der Waals surface area (Å²) in [6.45, 7) is 7.03. The molecular weight excluding hydrogens is 278 g/mol. The molecule has 0 unspecified atom stereocenters. The molecule has 0 fully saturated rings. The number of fused-ring (bicyclic) bond motifs is 1. The fraction of sp³-hybridized carbons (Fsp3) is 0.294. The molecule has 0 spiro atoms. The third kappa shape index (κ3) is 2.62. The molecule has 3 rings (SSSR count). The van der Waals surface area contributed by atoms with Gasteiger partial charge in [-0.25, -0.2) is 0 Å². The maximum Gasteiger partial charge on any atom is 0.287 e. The van der Waals surface area contributed by atoms with Crippen molar-refractivity contribution in [3.05, 3.63) is 53.0 Å². The van der Waals surface area contributed by atoms with Gasteiger partial charge in [0.1, 0.15) is 5.58 Å². The van der Waals surface area contributed by atoms with Crippen LogP contribution in [0.1, 0.15) is 27.2 Å². The molecule has 2 aromatic heterocycles. The van der Waals surface area contributed by atoms with Crippen LogP contribution in [0.25, 0.3) is 11.0 Å². The third-order valence-electron chi connectivity index (χ3n) is 3.76. The summed E-state index contributed by atoms with van der Waals surface area (Å²) in [5, 5.41) is 8.07. The van der Waals surface area contributed by atoms with Crippen molar-refractivity contribution in [2.24, 2.45) is 0 Å². The fourth-order valence-electron chi connectivity index (χ4n) is 2.55. The lowest BCUT2D eigenvalue weighted by Gasteiger charge is -2.04. The average Bonchev–Trinajstić information content (AvgIpc) is 3.04. The first-order chi connectivity index (χ1) is 10.6. The Balaban J connectivity index is 1.72. The van der Waals surface area contributed by atoms with Gasteiger partial charge in [0.25, 0.3) is 5.91 Å². The monoisotopic (exact) mass is 297 g/mol. The second-order valence-electron chi connectivity index (χ2n) is 5.54. The maximum absolute atomic E-state index is 12.3. The Hall–Kier alpha value is -2.56. The highest BCUT2D eigenvalue weighted by molar-refractivity contribution is 5.99. The summed E-state index contributed by atoms with van der Waals surface area (Å²) in [6.07, 6.45) is 3.75. The van der Waals surface area contributed by atoms with Crippen LogP contribution in [0.4, 0.5) is 0 Å².